The fourth-order valence-corrected chi connectivity index (χ4v) is 5.42. The van der Waals surface area contributed by atoms with Crippen LogP contribution in [-0.2, 0) is 6.61 Å². The first kappa shape index (κ1) is 27.3. The lowest BCUT2D eigenvalue weighted by atomic mass is 9.88. The Morgan fingerprint density at radius 1 is 1.08 bits per heavy atom. The zero-order chi connectivity index (χ0) is 26.2. The Bertz CT molecular complexity index is 1170. The highest BCUT2D eigenvalue weighted by Gasteiger charge is 2.26. The maximum absolute atomic E-state index is 13.0. The highest BCUT2D eigenvalue weighted by atomic mass is 35.5. The topological polar surface area (TPSA) is 44.8 Å². The van der Waals surface area contributed by atoms with E-state index >= 15 is 0 Å². The van der Waals surface area contributed by atoms with Crippen molar-refractivity contribution in [2.24, 2.45) is 0 Å². The summed E-state index contributed by atoms with van der Waals surface area (Å²) in [7, 11) is 3.96. The number of ether oxygens (including phenoxy) is 1. The first-order chi connectivity index (χ1) is 17.9. The number of piperidine rings is 1. The van der Waals surface area contributed by atoms with Crippen molar-refractivity contribution in [2.75, 3.05) is 27.2 Å². The molecule has 1 aliphatic heterocycles. The molecule has 5 nitrogen and oxygen atoms in total. The molecule has 1 heterocycles. The van der Waals surface area contributed by atoms with Gasteiger partial charge in [-0.05, 0) is 74.2 Å². The molecule has 3 aromatic rings. The maximum Gasteiger partial charge on any atom is 0.318 e. The number of benzene rings is 3. The molecule has 0 radical (unpaired) electrons. The van der Waals surface area contributed by atoms with E-state index < -0.39 is 0 Å². The minimum Gasteiger partial charge on any atom is -0.489 e. The molecule has 196 valence electrons. The number of carbonyl (C=O) groups excluding carboxylic acids is 1. The van der Waals surface area contributed by atoms with Crippen LogP contribution in [0.15, 0.2) is 72.8 Å². The smallest absolute Gasteiger partial charge is 0.318 e. The van der Waals surface area contributed by atoms with E-state index in [1.165, 1.54) is 6.42 Å². The Morgan fingerprint density at radius 2 is 1.86 bits per heavy atom. The summed E-state index contributed by atoms with van der Waals surface area (Å²) in [6.07, 6.45) is 4.12. The van der Waals surface area contributed by atoms with Gasteiger partial charge in [0.15, 0.2) is 0 Å². The second-order valence-electron chi connectivity index (χ2n) is 9.63. The molecule has 4 rings (SSSR count). The van der Waals surface area contributed by atoms with E-state index in [-0.39, 0.29) is 18.1 Å². The number of likely N-dealkylation sites (tertiary alicyclic amines) is 1. The lowest BCUT2D eigenvalue weighted by Gasteiger charge is -2.38. The normalized spacial score (nSPS) is 16.7. The lowest BCUT2D eigenvalue weighted by Crippen LogP contribution is -2.52. The van der Waals surface area contributed by atoms with Crippen molar-refractivity contribution in [1.82, 2.24) is 15.1 Å². The summed E-state index contributed by atoms with van der Waals surface area (Å²) in [4.78, 5) is 17.0. The molecule has 0 aliphatic carbocycles. The minimum atomic E-state index is -0.0607. The third-order valence-electron chi connectivity index (χ3n) is 7.07. The van der Waals surface area contributed by atoms with Crippen molar-refractivity contribution < 1.29 is 9.53 Å². The monoisotopic (exact) mass is 539 g/mol. The van der Waals surface area contributed by atoms with Crippen molar-refractivity contribution in [1.29, 1.82) is 0 Å². The fraction of sp³-hybridized carbons (Fsp3) is 0.367. The van der Waals surface area contributed by atoms with Gasteiger partial charge in [-0.1, -0.05) is 77.8 Å². The van der Waals surface area contributed by atoms with E-state index in [2.05, 4.69) is 29.4 Å². The number of amides is 2. The molecule has 0 spiro atoms. The van der Waals surface area contributed by atoms with Crippen molar-refractivity contribution in [3.05, 3.63) is 99.5 Å². The van der Waals surface area contributed by atoms with E-state index in [1.54, 1.807) is 6.07 Å². The molecule has 2 atom stereocenters. The maximum atomic E-state index is 13.0. The van der Waals surface area contributed by atoms with Crippen LogP contribution in [0.2, 0.25) is 10.0 Å². The van der Waals surface area contributed by atoms with E-state index in [0.29, 0.717) is 29.6 Å². The molecule has 2 amide bonds. The minimum absolute atomic E-state index is 0.0605. The van der Waals surface area contributed by atoms with E-state index in [4.69, 9.17) is 27.9 Å². The van der Waals surface area contributed by atoms with Gasteiger partial charge in [0, 0.05) is 19.5 Å². The van der Waals surface area contributed by atoms with Gasteiger partial charge in [-0.3, -0.25) is 4.90 Å². The lowest BCUT2D eigenvalue weighted by molar-refractivity contribution is 0.0707. The van der Waals surface area contributed by atoms with Gasteiger partial charge in [0.05, 0.1) is 16.2 Å². The van der Waals surface area contributed by atoms with Crippen LogP contribution in [0.4, 0.5) is 4.79 Å². The number of hydrogen-bond donors (Lipinski definition) is 1. The van der Waals surface area contributed by atoms with Crippen LogP contribution in [0.1, 0.15) is 48.3 Å². The standard InChI is InChI=1S/C30H35Cl2N3O2/c1-34-19-7-6-16-28(34)35(2)30(36)33-18-17-25(26-14-9-15-27(31)29(26)32)23-12-8-13-24(20-23)37-21-22-10-4-3-5-11-22/h3-5,8-15,20,25,28H,6-7,16-19,21H2,1-2H3,(H,33,36). The molecule has 2 unspecified atom stereocenters. The van der Waals surface area contributed by atoms with Gasteiger partial charge in [-0.15, -0.1) is 0 Å². The molecule has 1 N–H and O–H groups in total. The summed E-state index contributed by atoms with van der Waals surface area (Å²) in [6, 6.07) is 23.8. The highest BCUT2D eigenvalue weighted by molar-refractivity contribution is 6.42. The first-order valence-corrected chi connectivity index (χ1v) is 13.6. The predicted molar refractivity (Wildman–Crippen MR) is 152 cm³/mol. The Morgan fingerprint density at radius 3 is 2.65 bits per heavy atom. The van der Waals surface area contributed by atoms with Gasteiger partial charge in [-0.25, -0.2) is 4.79 Å². The summed E-state index contributed by atoms with van der Waals surface area (Å²) in [6.45, 7) is 2.01. The average molecular weight is 541 g/mol. The average Bonchev–Trinajstić information content (AvgIpc) is 2.92. The molecule has 0 aromatic heterocycles. The van der Waals surface area contributed by atoms with Crippen LogP contribution < -0.4 is 10.1 Å². The van der Waals surface area contributed by atoms with Crippen molar-refractivity contribution >= 4 is 29.2 Å². The zero-order valence-electron chi connectivity index (χ0n) is 21.5. The fourth-order valence-electron chi connectivity index (χ4n) is 4.98. The number of carbonyl (C=O) groups is 1. The van der Waals surface area contributed by atoms with Crippen LogP contribution >= 0.6 is 23.2 Å². The van der Waals surface area contributed by atoms with Crippen molar-refractivity contribution in [3.8, 4) is 5.75 Å². The molecular formula is C30H35Cl2N3O2. The second-order valence-corrected chi connectivity index (χ2v) is 10.4. The largest absolute Gasteiger partial charge is 0.489 e. The molecule has 3 aromatic carbocycles. The van der Waals surface area contributed by atoms with Gasteiger partial charge in [0.25, 0.3) is 0 Å². The van der Waals surface area contributed by atoms with Gasteiger partial charge in [0.2, 0.25) is 0 Å². The molecule has 7 heteroatoms. The SMILES string of the molecule is CN1CCCCC1N(C)C(=O)NCCC(c1cccc(OCc2ccccc2)c1)c1cccc(Cl)c1Cl. The summed E-state index contributed by atoms with van der Waals surface area (Å²) in [5.74, 6) is 0.725. The second kappa shape index (κ2) is 13.2. The van der Waals surface area contributed by atoms with Crippen molar-refractivity contribution in [3.63, 3.8) is 0 Å². The van der Waals surface area contributed by atoms with Crippen LogP contribution in [0, 0.1) is 0 Å². The van der Waals surface area contributed by atoms with Crippen molar-refractivity contribution in [2.45, 2.75) is 44.4 Å². The third-order valence-corrected chi connectivity index (χ3v) is 7.91. The number of nitrogens with one attached hydrogen (secondary N) is 1. The van der Waals surface area contributed by atoms with E-state index in [0.717, 1.165) is 41.8 Å². The highest BCUT2D eigenvalue weighted by Crippen LogP contribution is 2.37. The predicted octanol–water partition coefficient (Wildman–Crippen LogP) is 7.18. The Labute approximate surface area is 230 Å². The summed E-state index contributed by atoms with van der Waals surface area (Å²) >= 11 is 13.0. The van der Waals surface area contributed by atoms with E-state index in [1.807, 2.05) is 66.5 Å². The van der Waals surface area contributed by atoms with E-state index in [9.17, 15) is 4.79 Å². The quantitative estimate of drug-likeness (QED) is 0.313. The Hall–Kier alpha value is -2.73. The molecule has 1 aliphatic rings. The van der Waals surface area contributed by atoms with Gasteiger partial charge >= 0.3 is 6.03 Å². The third kappa shape index (κ3) is 7.19. The molecule has 1 fully saturated rings. The molecule has 37 heavy (non-hydrogen) atoms. The molecule has 0 bridgehead atoms. The first-order valence-electron chi connectivity index (χ1n) is 12.9. The summed E-state index contributed by atoms with van der Waals surface area (Å²) in [5, 5.41) is 4.18. The van der Waals surface area contributed by atoms with Gasteiger partial charge in [0.1, 0.15) is 12.4 Å². The Balaban J connectivity index is 1.48. The number of hydrogen-bond acceptors (Lipinski definition) is 3. The molecule has 0 saturated carbocycles. The number of urea groups is 1. The summed E-state index contributed by atoms with van der Waals surface area (Å²) < 4.78 is 6.08. The summed E-state index contributed by atoms with van der Waals surface area (Å²) in [5.41, 5.74) is 3.10. The van der Waals surface area contributed by atoms with Gasteiger partial charge in [-0.2, -0.15) is 0 Å². The number of rotatable bonds is 9. The molecular weight excluding hydrogens is 505 g/mol. The van der Waals surface area contributed by atoms with Gasteiger partial charge < -0.3 is 15.0 Å². The van der Waals surface area contributed by atoms with Crippen LogP contribution in [0.3, 0.4) is 0 Å². The van der Waals surface area contributed by atoms with Crippen LogP contribution in [0.25, 0.3) is 0 Å². The van der Waals surface area contributed by atoms with Crippen LogP contribution in [-0.4, -0.2) is 49.2 Å². The molecule has 1 saturated heterocycles. The zero-order valence-corrected chi connectivity index (χ0v) is 23.0. The number of halogens is 2. The van der Waals surface area contributed by atoms with Crippen LogP contribution in [0.5, 0.6) is 5.75 Å². The Kier molecular flexibility index (Phi) is 9.73. The number of nitrogens with zero attached hydrogens (tertiary/aromatic N) is 2.